The van der Waals surface area contributed by atoms with Gasteiger partial charge in [-0.15, -0.1) is 0 Å². The van der Waals surface area contributed by atoms with Gasteiger partial charge in [-0.05, 0) is 25.1 Å². The topological polar surface area (TPSA) is 30.5 Å². The van der Waals surface area contributed by atoms with Crippen molar-refractivity contribution in [1.29, 1.82) is 0 Å². The van der Waals surface area contributed by atoms with Crippen LogP contribution in [0.15, 0.2) is 18.2 Å². The highest BCUT2D eigenvalue weighted by atomic mass is 32.2. The lowest BCUT2D eigenvalue weighted by Crippen LogP contribution is -2.44. The Bertz CT molecular complexity index is 410. The molecular weight excluding hydrogens is 265 g/mol. The van der Waals surface area contributed by atoms with E-state index in [-0.39, 0.29) is 18.0 Å². The van der Waals surface area contributed by atoms with Crippen LogP contribution in [0.1, 0.15) is 5.56 Å². The molecule has 0 radical (unpaired) electrons. The molecule has 1 heterocycles. The number of benzene rings is 1. The average molecular weight is 285 g/mol. The zero-order valence-corrected chi connectivity index (χ0v) is 12.1. The summed E-state index contributed by atoms with van der Waals surface area (Å²) in [5.74, 6) is 2.03. The van der Waals surface area contributed by atoms with Crippen LogP contribution in [0.2, 0.25) is 0 Å². The molecule has 2 rings (SSSR count). The zero-order chi connectivity index (χ0) is 13.7. The van der Waals surface area contributed by atoms with Crippen LogP contribution in [0, 0.1) is 5.82 Å². The predicted octanol–water partition coefficient (Wildman–Crippen LogP) is 2.10. The van der Waals surface area contributed by atoms with Gasteiger partial charge in [0.25, 0.3) is 0 Å². The number of halogens is 1. The molecule has 1 fully saturated rings. The number of thioether (sulfide) groups is 1. The Morgan fingerprint density at radius 2 is 2.42 bits per heavy atom. The van der Waals surface area contributed by atoms with E-state index in [4.69, 9.17) is 9.47 Å². The molecule has 106 valence electrons. The molecular formula is C14H20FNO2S. The van der Waals surface area contributed by atoms with Gasteiger partial charge in [-0.3, -0.25) is 0 Å². The molecule has 0 aliphatic carbocycles. The molecule has 1 N–H and O–H groups in total. The second kappa shape index (κ2) is 7.12. The van der Waals surface area contributed by atoms with Gasteiger partial charge in [0, 0.05) is 17.5 Å². The van der Waals surface area contributed by atoms with Gasteiger partial charge in [-0.1, -0.05) is 12.1 Å². The summed E-state index contributed by atoms with van der Waals surface area (Å²) >= 11 is 1.89. The van der Waals surface area contributed by atoms with Crippen molar-refractivity contribution >= 4 is 11.8 Å². The summed E-state index contributed by atoms with van der Waals surface area (Å²) < 4.78 is 24.9. The van der Waals surface area contributed by atoms with Gasteiger partial charge in [0.15, 0.2) is 11.6 Å². The monoisotopic (exact) mass is 285 g/mol. The molecule has 3 nitrogen and oxygen atoms in total. The Morgan fingerprint density at radius 1 is 1.58 bits per heavy atom. The Morgan fingerprint density at radius 3 is 3.05 bits per heavy atom. The highest BCUT2D eigenvalue weighted by Crippen LogP contribution is 2.23. The summed E-state index contributed by atoms with van der Waals surface area (Å²) in [4.78, 5) is 0. The molecule has 19 heavy (non-hydrogen) atoms. The maximum atomic E-state index is 14.1. The first kappa shape index (κ1) is 14.6. The summed E-state index contributed by atoms with van der Waals surface area (Å²) in [5.41, 5.74) is 0.665. The van der Waals surface area contributed by atoms with Crippen molar-refractivity contribution in [3.05, 3.63) is 29.6 Å². The normalized spacial score (nSPS) is 21.1. The maximum Gasteiger partial charge on any atom is 0.168 e. The van der Waals surface area contributed by atoms with Crippen LogP contribution in [-0.4, -0.2) is 44.4 Å². The first-order valence-electron chi connectivity index (χ1n) is 6.44. The molecule has 2 atom stereocenters. The smallest absolute Gasteiger partial charge is 0.168 e. The van der Waals surface area contributed by atoms with Crippen molar-refractivity contribution < 1.29 is 13.9 Å². The van der Waals surface area contributed by atoms with Crippen LogP contribution in [0.25, 0.3) is 0 Å². The molecule has 1 aliphatic heterocycles. The van der Waals surface area contributed by atoms with Crippen molar-refractivity contribution in [3.63, 3.8) is 0 Å². The minimum atomic E-state index is -0.270. The number of methoxy groups -OCH3 is 1. The highest BCUT2D eigenvalue weighted by Gasteiger charge is 2.25. The summed E-state index contributed by atoms with van der Waals surface area (Å²) in [6, 6.07) is 5.38. The average Bonchev–Trinajstić information content (AvgIpc) is 2.47. The molecule has 0 aromatic heterocycles. The second-order valence-electron chi connectivity index (χ2n) is 4.52. The first-order chi connectivity index (χ1) is 9.26. The van der Waals surface area contributed by atoms with E-state index >= 15 is 0 Å². The number of hydrogen-bond acceptors (Lipinski definition) is 4. The van der Waals surface area contributed by atoms with Crippen molar-refractivity contribution in [1.82, 2.24) is 5.32 Å². The standard InChI is InChI=1S/C14H20FNO2S/c1-16-11(13-9-19-7-6-18-13)8-10-4-3-5-12(17-2)14(10)15/h3-5,11,13,16H,6-9H2,1-2H3. The van der Waals surface area contributed by atoms with Crippen molar-refractivity contribution in [2.75, 3.05) is 32.3 Å². The highest BCUT2D eigenvalue weighted by molar-refractivity contribution is 7.99. The first-order valence-corrected chi connectivity index (χ1v) is 7.59. The fraction of sp³-hybridized carbons (Fsp3) is 0.571. The maximum absolute atomic E-state index is 14.1. The molecule has 5 heteroatoms. The third kappa shape index (κ3) is 3.61. The summed E-state index contributed by atoms with van der Waals surface area (Å²) in [5, 5.41) is 3.24. The van der Waals surface area contributed by atoms with Gasteiger partial charge in [0.05, 0.1) is 19.8 Å². The Hall–Kier alpha value is -0.780. The van der Waals surface area contributed by atoms with Crippen molar-refractivity contribution in [2.45, 2.75) is 18.6 Å². The number of rotatable bonds is 5. The van der Waals surface area contributed by atoms with Crippen molar-refractivity contribution in [2.24, 2.45) is 0 Å². The molecule has 0 bridgehead atoms. The van der Waals surface area contributed by atoms with E-state index in [0.29, 0.717) is 17.7 Å². The fourth-order valence-corrected chi connectivity index (χ4v) is 3.21. The van der Waals surface area contributed by atoms with Crippen LogP contribution in [-0.2, 0) is 11.2 Å². The molecule has 0 saturated carbocycles. The van der Waals surface area contributed by atoms with Crippen LogP contribution >= 0.6 is 11.8 Å². The third-order valence-corrected chi connectivity index (χ3v) is 4.38. The van der Waals surface area contributed by atoms with Crippen molar-refractivity contribution in [3.8, 4) is 5.75 Å². The van der Waals surface area contributed by atoms with E-state index in [0.717, 1.165) is 18.1 Å². The quantitative estimate of drug-likeness (QED) is 0.897. The van der Waals surface area contributed by atoms with Crippen LogP contribution in [0.4, 0.5) is 4.39 Å². The second-order valence-corrected chi connectivity index (χ2v) is 5.67. The van der Waals surface area contributed by atoms with Gasteiger partial charge in [0.2, 0.25) is 0 Å². The Labute approximate surface area is 117 Å². The number of nitrogens with one attached hydrogen (secondary N) is 1. The molecule has 0 spiro atoms. The Balaban J connectivity index is 2.09. The number of ether oxygens (including phenoxy) is 2. The Kier molecular flexibility index (Phi) is 5.48. The van der Waals surface area contributed by atoms with Crippen LogP contribution in [0.5, 0.6) is 5.75 Å². The third-order valence-electron chi connectivity index (χ3n) is 3.36. The minimum Gasteiger partial charge on any atom is -0.494 e. The molecule has 0 amide bonds. The van der Waals surface area contributed by atoms with Crippen LogP contribution < -0.4 is 10.1 Å². The van der Waals surface area contributed by atoms with Crippen LogP contribution in [0.3, 0.4) is 0 Å². The minimum absolute atomic E-state index is 0.120. The molecule has 1 aliphatic rings. The van der Waals surface area contributed by atoms with E-state index in [1.54, 1.807) is 12.1 Å². The van der Waals surface area contributed by atoms with E-state index in [2.05, 4.69) is 5.32 Å². The zero-order valence-electron chi connectivity index (χ0n) is 11.3. The number of hydrogen-bond donors (Lipinski definition) is 1. The van der Waals surface area contributed by atoms with Gasteiger partial charge in [-0.25, -0.2) is 4.39 Å². The van der Waals surface area contributed by atoms with Gasteiger partial charge in [-0.2, -0.15) is 11.8 Å². The lowest BCUT2D eigenvalue weighted by molar-refractivity contribution is 0.0490. The van der Waals surface area contributed by atoms with E-state index < -0.39 is 0 Å². The molecule has 1 aromatic carbocycles. The largest absolute Gasteiger partial charge is 0.494 e. The lowest BCUT2D eigenvalue weighted by Gasteiger charge is -2.30. The van der Waals surface area contributed by atoms with E-state index in [1.807, 2.05) is 24.9 Å². The summed E-state index contributed by atoms with van der Waals surface area (Å²) in [6.45, 7) is 0.772. The molecule has 1 saturated heterocycles. The van der Waals surface area contributed by atoms with E-state index in [9.17, 15) is 4.39 Å². The molecule has 2 unspecified atom stereocenters. The van der Waals surface area contributed by atoms with E-state index in [1.165, 1.54) is 7.11 Å². The molecule has 1 aromatic rings. The number of likely N-dealkylation sites (N-methyl/N-ethyl adjacent to an activating group) is 1. The summed E-state index contributed by atoms with van der Waals surface area (Å²) in [7, 11) is 3.38. The SMILES string of the molecule is CNC(Cc1cccc(OC)c1F)C1CSCCO1. The van der Waals surface area contributed by atoms with Gasteiger partial charge in [0.1, 0.15) is 0 Å². The fourth-order valence-electron chi connectivity index (χ4n) is 2.27. The lowest BCUT2D eigenvalue weighted by atomic mass is 10.0. The summed E-state index contributed by atoms with van der Waals surface area (Å²) in [6.07, 6.45) is 0.736. The van der Waals surface area contributed by atoms with Gasteiger partial charge >= 0.3 is 0 Å². The predicted molar refractivity (Wildman–Crippen MR) is 76.6 cm³/mol. The van der Waals surface area contributed by atoms with Gasteiger partial charge < -0.3 is 14.8 Å².